The summed E-state index contributed by atoms with van der Waals surface area (Å²) in [6.07, 6.45) is 1.77. The van der Waals surface area contributed by atoms with Crippen molar-refractivity contribution in [2.45, 2.75) is 0 Å². The molecule has 0 radical (unpaired) electrons. The van der Waals surface area contributed by atoms with E-state index in [1.807, 2.05) is 31.3 Å². The zero-order chi connectivity index (χ0) is 8.97. The van der Waals surface area contributed by atoms with Gasteiger partial charge in [0, 0.05) is 17.7 Å². The van der Waals surface area contributed by atoms with Gasteiger partial charge in [-0.25, -0.2) is 0 Å². The van der Waals surface area contributed by atoms with Crippen molar-refractivity contribution < 1.29 is 0 Å². The van der Waals surface area contributed by atoms with Gasteiger partial charge in [-0.2, -0.15) is 0 Å². The topological polar surface area (TPSA) is 38.0 Å². The molecule has 1 aromatic rings. The van der Waals surface area contributed by atoms with E-state index in [1.54, 1.807) is 6.20 Å². The summed E-state index contributed by atoms with van der Waals surface area (Å²) in [5.41, 5.74) is 7.50. The number of nitrogens with two attached hydrogens (primary N) is 1. The van der Waals surface area contributed by atoms with E-state index in [9.17, 15) is 0 Å². The summed E-state index contributed by atoms with van der Waals surface area (Å²) in [7, 11) is 1.83. The molecule has 0 aromatic heterocycles. The van der Waals surface area contributed by atoms with Gasteiger partial charge in [0.25, 0.3) is 0 Å². The Morgan fingerprint density at radius 2 is 2.00 bits per heavy atom. The molecule has 0 heterocycles. The van der Waals surface area contributed by atoms with Gasteiger partial charge >= 0.3 is 0 Å². The van der Waals surface area contributed by atoms with Crippen LogP contribution in [0.1, 0.15) is 5.56 Å². The van der Waals surface area contributed by atoms with Gasteiger partial charge in [-0.1, -0.05) is 28.1 Å². The van der Waals surface area contributed by atoms with E-state index < -0.39 is 0 Å². The lowest BCUT2D eigenvalue weighted by Gasteiger charge is -2.00. The second-order valence-corrected chi connectivity index (χ2v) is 3.31. The van der Waals surface area contributed by atoms with Crippen molar-refractivity contribution in [3.63, 3.8) is 0 Å². The largest absolute Gasteiger partial charge is 0.397 e. The average molecular weight is 227 g/mol. The van der Waals surface area contributed by atoms with Crippen LogP contribution < -0.4 is 11.1 Å². The first-order chi connectivity index (χ1) is 5.74. The second kappa shape index (κ2) is 4.16. The van der Waals surface area contributed by atoms with Crippen molar-refractivity contribution in [1.29, 1.82) is 0 Å². The Morgan fingerprint density at radius 1 is 1.42 bits per heavy atom. The molecule has 0 bridgehead atoms. The lowest BCUT2D eigenvalue weighted by molar-refractivity contribution is 1.10. The normalized spacial score (nSPS) is 11.3. The van der Waals surface area contributed by atoms with Crippen LogP contribution in [0, 0.1) is 0 Å². The Kier molecular flexibility index (Phi) is 3.17. The van der Waals surface area contributed by atoms with Crippen molar-refractivity contribution in [1.82, 2.24) is 5.32 Å². The second-order valence-electron chi connectivity index (χ2n) is 2.40. The quantitative estimate of drug-likeness (QED) is 0.810. The molecule has 0 aliphatic rings. The molecule has 64 valence electrons. The number of hydrogen-bond acceptors (Lipinski definition) is 2. The molecule has 0 spiro atoms. The molecule has 3 heteroatoms. The molecular weight excluding hydrogens is 216 g/mol. The van der Waals surface area contributed by atoms with E-state index >= 15 is 0 Å². The van der Waals surface area contributed by atoms with Crippen LogP contribution in [0.25, 0.3) is 5.70 Å². The molecule has 2 nitrogen and oxygen atoms in total. The van der Waals surface area contributed by atoms with Crippen LogP contribution in [0.2, 0.25) is 0 Å². The Hall–Kier alpha value is -0.960. The molecule has 0 saturated heterocycles. The average Bonchev–Trinajstić information content (AvgIpc) is 2.06. The Balaban J connectivity index is 2.89. The molecule has 0 saturated carbocycles. The lowest BCUT2D eigenvalue weighted by Crippen LogP contribution is -2.02. The molecule has 0 aliphatic carbocycles. The highest BCUT2D eigenvalue weighted by Crippen LogP contribution is 2.13. The van der Waals surface area contributed by atoms with Crippen molar-refractivity contribution in [2.75, 3.05) is 7.05 Å². The van der Waals surface area contributed by atoms with Crippen molar-refractivity contribution in [2.24, 2.45) is 5.73 Å². The maximum Gasteiger partial charge on any atom is 0.0547 e. The summed E-state index contributed by atoms with van der Waals surface area (Å²) in [5, 5.41) is 2.88. The molecule has 0 unspecified atom stereocenters. The van der Waals surface area contributed by atoms with Gasteiger partial charge in [-0.3, -0.25) is 0 Å². The van der Waals surface area contributed by atoms with E-state index in [0.29, 0.717) is 0 Å². The highest BCUT2D eigenvalue weighted by Gasteiger charge is 1.94. The molecule has 3 N–H and O–H groups in total. The van der Waals surface area contributed by atoms with Crippen LogP contribution >= 0.6 is 15.9 Å². The molecule has 0 fully saturated rings. The summed E-state index contributed by atoms with van der Waals surface area (Å²) < 4.78 is 1.06. The van der Waals surface area contributed by atoms with E-state index in [-0.39, 0.29) is 0 Å². The summed E-state index contributed by atoms with van der Waals surface area (Å²) in [6.45, 7) is 0. The van der Waals surface area contributed by atoms with Crippen LogP contribution in [0.5, 0.6) is 0 Å². The van der Waals surface area contributed by atoms with E-state index in [0.717, 1.165) is 15.7 Å². The van der Waals surface area contributed by atoms with Gasteiger partial charge in [0.1, 0.15) is 0 Å². The van der Waals surface area contributed by atoms with Crippen LogP contribution in [0.15, 0.2) is 34.9 Å². The minimum absolute atomic E-state index is 0.741. The third-order valence-corrected chi connectivity index (χ3v) is 2.01. The summed E-state index contributed by atoms with van der Waals surface area (Å²) >= 11 is 3.36. The standard InChI is InChI=1S/C9H11BrN2/c1-12-6-9(11)7-2-4-8(10)5-3-7/h2-6,12H,11H2,1H3/b9-6-. The van der Waals surface area contributed by atoms with Gasteiger partial charge in [0.05, 0.1) is 5.70 Å². The Bertz CT molecular complexity index is 277. The van der Waals surface area contributed by atoms with E-state index in [2.05, 4.69) is 21.2 Å². The molecule has 0 atom stereocenters. The smallest absolute Gasteiger partial charge is 0.0547 e. The maximum atomic E-state index is 5.74. The fraction of sp³-hybridized carbons (Fsp3) is 0.111. The first kappa shape index (κ1) is 9.13. The number of halogens is 1. The lowest BCUT2D eigenvalue weighted by atomic mass is 10.2. The summed E-state index contributed by atoms with van der Waals surface area (Å²) in [5.74, 6) is 0. The summed E-state index contributed by atoms with van der Waals surface area (Å²) in [4.78, 5) is 0. The van der Waals surface area contributed by atoms with E-state index in [4.69, 9.17) is 5.73 Å². The molecule has 1 rings (SSSR count). The first-order valence-electron chi connectivity index (χ1n) is 3.63. The number of hydrogen-bond donors (Lipinski definition) is 2. The van der Waals surface area contributed by atoms with Crippen LogP contribution in [-0.4, -0.2) is 7.05 Å². The molecule has 0 amide bonds. The highest BCUT2D eigenvalue weighted by molar-refractivity contribution is 9.10. The fourth-order valence-corrected chi connectivity index (χ4v) is 1.15. The van der Waals surface area contributed by atoms with Crippen LogP contribution in [-0.2, 0) is 0 Å². The monoisotopic (exact) mass is 226 g/mol. The predicted octanol–water partition coefficient (Wildman–Crippen LogP) is 1.93. The number of benzene rings is 1. The van der Waals surface area contributed by atoms with Gasteiger partial charge in [0.2, 0.25) is 0 Å². The van der Waals surface area contributed by atoms with Gasteiger partial charge in [-0.15, -0.1) is 0 Å². The highest BCUT2D eigenvalue weighted by atomic mass is 79.9. The maximum absolute atomic E-state index is 5.74. The third-order valence-electron chi connectivity index (χ3n) is 1.48. The Morgan fingerprint density at radius 3 is 2.50 bits per heavy atom. The molecule has 12 heavy (non-hydrogen) atoms. The van der Waals surface area contributed by atoms with E-state index in [1.165, 1.54) is 0 Å². The number of rotatable bonds is 2. The van der Waals surface area contributed by atoms with Gasteiger partial charge < -0.3 is 11.1 Å². The van der Waals surface area contributed by atoms with Gasteiger partial charge in [0.15, 0.2) is 0 Å². The molecule has 0 aliphatic heterocycles. The predicted molar refractivity (Wildman–Crippen MR) is 55.4 cm³/mol. The Labute approximate surface area is 80.6 Å². The van der Waals surface area contributed by atoms with Crippen molar-refractivity contribution in [3.8, 4) is 0 Å². The zero-order valence-corrected chi connectivity index (χ0v) is 8.43. The SMILES string of the molecule is CN/C=C(\N)c1ccc(Br)cc1. The van der Waals surface area contributed by atoms with Crippen LogP contribution in [0.4, 0.5) is 0 Å². The third kappa shape index (κ3) is 2.27. The number of nitrogens with one attached hydrogen (secondary N) is 1. The first-order valence-corrected chi connectivity index (χ1v) is 4.42. The molecular formula is C9H11BrN2. The van der Waals surface area contributed by atoms with Crippen LogP contribution in [0.3, 0.4) is 0 Å². The minimum Gasteiger partial charge on any atom is -0.397 e. The molecule has 1 aromatic carbocycles. The van der Waals surface area contributed by atoms with Crippen molar-refractivity contribution in [3.05, 3.63) is 40.5 Å². The zero-order valence-electron chi connectivity index (χ0n) is 6.84. The minimum atomic E-state index is 0.741. The fourth-order valence-electron chi connectivity index (χ4n) is 0.881. The van der Waals surface area contributed by atoms with Crippen molar-refractivity contribution >= 4 is 21.6 Å². The summed E-state index contributed by atoms with van der Waals surface area (Å²) in [6, 6.07) is 7.86. The van der Waals surface area contributed by atoms with Gasteiger partial charge in [-0.05, 0) is 17.7 Å².